The van der Waals surface area contributed by atoms with Crippen LogP contribution in [0.1, 0.15) is 37.3 Å². The van der Waals surface area contributed by atoms with E-state index in [9.17, 15) is 5.11 Å². The van der Waals surface area contributed by atoms with Crippen LogP contribution in [0.3, 0.4) is 0 Å². The molecule has 1 aliphatic heterocycles. The van der Waals surface area contributed by atoms with E-state index in [1.165, 1.54) is 5.56 Å². The minimum absolute atomic E-state index is 0.232. The van der Waals surface area contributed by atoms with Crippen molar-refractivity contribution in [2.24, 2.45) is 0 Å². The van der Waals surface area contributed by atoms with Gasteiger partial charge in [0.15, 0.2) is 0 Å². The van der Waals surface area contributed by atoms with E-state index in [1.54, 1.807) is 0 Å². The Morgan fingerprint density at radius 1 is 1.29 bits per heavy atom. The van der Waals surface area contributed by atoms with Crippen molar-refractivity contribution in [3.8, 4) is 5.75 Å². The molecule has 1 atom stereocenters. The van der Waals surface area contributed by atoms with Crippen LogP contribution in [0, 0.1) is 0 Å². The van der Waals surface area contributed by atoms with Gasteiger partial charge in [0, 0.05) is 12.1 Å². The standard InChI is InChI=1S/C14H19NO2/c16-14(7-3-4-8-14)10-15-12-9-17-13-6-2-1-5-11(12)13/h1-2,5-6,12,15-16H,3-4,7-10H2. The molecule has 0 aromatic heterocycles. The highest BCUT2D eigenvalue weighted by molar-refractivity contribution is 5.39. The number of hydrogen-bond donors (Lipinski definition) is 2. The van der Waals surface area contributed by atoms with Gasteiger partial charge in [-0.05, 0) is 18.9 Å². The van der Waals surface area contributed by atoms with E-state index < -0.39 is 5.60 Å². The second-order valence-electron chi connectivity index (χ2n) is 5.21. The van der Waals surface area contributed by atoms with Crippen LogP contribution in [0.25, 0.3) is 0 Å². The normalized spacial score (nSPS) is 25.6. The van der Waals surface area contributed by atoms with Gasteiger partial charge in [0.05, 0.1) is 11.6 Å². The first kappa shape index (κ1) is 11.1. The molecule has 3 heteroatoms. The number of nitrogens with one attached hydrogen (secondary N) is 1. The lowest BCUT2D eigenvalue weighted by Gasteiger charge is -2.24. The topological polar surface area (TPSA) is 41.5 Å². The van der Waals surface area contributed by atoms with Gasteiger partial charge in [0.25, 0.3) is 0 Å². The summed E-state index contributed by atoms with van der Waals surface area (Å²) in [7, 11) is 0. The zero-order chi connectivity index (χ0) is 11.7. The monoisotopic (exact) mass is 233 g/mol. The zero-order valence-corrected chi connectivity index (χ0v) is 9.98. The summed E-state index contributed by atoms with van der Waals surface area (Å²) in [5.41, 5.74) is 0.728. The lowest BCUT2D eigenvalue weighted by Crippen LogP contribution is -2.40. The third-order valence-electron chi connectivity index (χ3n) is 3.91. The molecular weight excluding hydrogens is 214 g/mol. The third kappa shape index (κ3) is 2.17. The van der Waals surface area contributed by atoms with Crippen molar-refractivity contribution in [2.75, 3.05) is 13.2 Å². The molecule has 1 aromatic carbocycles. The van der Waals surface area contributed by atoms with E-state index in [1.807, 2.05) is 18.2 Å². The Balaban J connectivity index is 1.64. The minimum atomic E-state index is -0.489. The molecule has 17 heavy (non-hydrogen) atoms. The highest BCUT2D eigenvalue weighted by atomic mass is 16.5. The van der Waals surface area contributed by atoms with Gasteiger partial charge in [-0.15, -0.1) is 0 Å². The first-order chi connectivity index (χ1) is 8.27. The number of aliphatic hydroxyl groups is 1. The number of benzene rings is 1. The molecule has 0 radical (unpaired) electrons. The van der Waals surface area contributed by atoms with Gasteiger partial charge in [-0.25, -0.2) is 0 Å². The third-order valence-corrected chi connectivity index (χ3v) is 3.91. The Bertz CT molecular complexity index is 399. The smallest absolute Gasteiger partial charge is 0.124 e. The van der Waals surface area contributed by atoms with Crippen LogP contribution < -0.4 is 10.1 Å². The van der Waals surface area contributed by atoms with Gasteiger partial charge < -0.3 is 15.2 Å². The zero-order valence-electron chi connectivity index (χ0n) is 9.98. The largest absolute Gasteiger partial charge is 0.491 e. The van der Waals surface area contributed by atoms with Crippen LogP contribution >= 0.6 is 0 Å². The fraction of sp³-hybridized carbons (Fsp3) is 0.571. The van der Waals surface area contributed by atoms with Crippen LogP contribution in [0.4, 0.5) is 0 Å². The van der Waals surface area contributed by atoms with Crippen LogP contribution in [0.5, 0.6) is 5.75 Å². The van der Waals surface area contributed by atoms with E-state index in [0.717, 1.165) is 31.4 Å². The van der Waals surface area contributed by atoms with Gasteiger partial charge in [-0.3, -0.25) is 0 Å². The molecular formula is C14H19NO2. The minimum Gasteiger partial charge on any atom is -0.491 e. The molecule has 1 fully saturated rings. The number of rotatable bonds is 3. The summed E-state index contributed by atoms with van der Waals surface area (Å²) in [4.78, 5) is 0. The molecule has 0 amide bonds. The maximum absolute atomic E-state index is 10.3. The van der Waals surface area contributed by atoms with Crippen molar-refractivity contribution in [3.63, 3.8) is 0 Å². The quantitative estimate of drug-likeness (QED) is 0.839. The maximum Gasteiger partial charge on any atom is 0.124 e. The van der Waals surface area contributed by atoms with Crippen LogP contribution in [0.15, 0.2) is 24.3 Å². The highest BCUT2D eigenvalue weighted by Gasteiger charge is 2.33. The molecule has 92 valence electrons. The Labute approximate surface area is 102 Å². The second kappa shape index (κ2) is 4.31. The van der Waals surface area contributed by atoms with E-state index >= 15 is 0 Å². The average molecular weight is 233 g/mol. The first-order valence-electron chi connectivity index (χ1n) is 6.44. The predicted octanol–water partition coefficient (Wildman–Crippen LogP) is 2.01. The van der Waals surface area contributed by atoms with Gasteiger partial charge in [-0.1, -0.05) is 31.0 Å². The van der Waals surface area contributed by atoms with Crippen LogP contribution in [-0.4, -0.2) is 23.9 Å². The first-order valence-corrected chi connectivity index (χ1v) is 6.44. The lowest BCUT2D eigenvalue weighted by molar-refractivity contribution is 0.0440. The van der Waals surface area contributed by atoms with Crippen molar-refractivity contribution < 1.29 is 9.84 Å². The molecule has 2 N–H and O–H groups in total. The van der Waals surface area contributed by atoms with E-state index in [2.05, 4.69) is 11.4 Å². The lowest BCUT2D eigenvalue weighted by atomic mass is 10.0. The molecule has 2 aliphatic rings. The summed E-state index contributed by atoms with van der Waals surface area (Å²) >= 11 is 0. The summed E-state index contributed by atoms with van der Waals surface area (Å²) in [5, 5.41) is 13.7. The maximum atomic E-state index is 10.3. The summed E-state index contributed by atoms with van der Waals surface area (Å²) in [6.45, 7) is 1.35. The van der Waals surface area contributed by atoms with Crippen molar-refractivity contribution in [3.05, 3.63) is 29.8 Å². The molecule has 1 aromatic rings. The fourth-order valence-corrected chi connectivity index (χ4v) is 2.85. The number of hydrogen-bond acceptors (Lipinski definition) is 3. The van der Waals surface area contributed by atoms with E-state index in [0.29, 0.717) is 13.2 Å². The summed E-state index contributed by atoms with van der Waals surface area (Å²) in [6, 6.07) is 8.36. The van der Waals surface area contributed by atoms with Gasteiger partial charge in [0.2, 0.25) is 0 Å². The fourth-order valence-electron chi connectivity index (χ4n) is 2.85. The molecule has 1 unspecified atom stereocenters. The van der Waals surface area contributed by atoms with Crippen LogP contribution in [0.2, 0.25) is 0 Å². The second-order valence-corrected chi connectivity index (χ2v) is 5.21. The summed E-state index contributed by atoms with van der Waals surface area (Å²) < 4.78 is 5.62. The van der Waals surface area contributed by atoms with Gasteiger partial charge in [-0.2, -0.15) is 0 Å². The SMILES string of the molecule is OC1(CNC2COc3ccccc32)CCCC1. The average Bonchev–Trinajstić information content (AvgIpc) is 2.94. The van der Waals surface area contributed by atoms with Gasteiger partial charge in [0.1, 0.15) is 12.4 Å². The van der Waals surface area contributed by atoms with Crippen molar-refractivity contribution in [1.82, 2.24) is 5.32 Å². The summed E-state index contributed by atoms with van der Waals surface area (Å²) in [5.74, 6) is 0.975. The molecule has 1 aliphatic carbocycles. The Hall–Kier alpha value is -1.06. The van der Waals surface area contributed by atoms with Crippen molar-refractivity contribution in [2.45, 2.75) is 37.3 Å². The Kier molecular flexibility index (Phi) is 2.81. The Morgan fingerprint density at radius 3 is 2.88 bits per heavy atom. The molecule has 0 spiro atoms. The number of fused-ring (bicyclic) bond motifs is 1. The van der Waals surface area contributed by atoms with E-state index in [-0.39, 0.29) is 6.04 Å². The van der Waals surface area contributed by atoms with E-state index in [4.69, 9.17) is 4.74 Å². The highest BCUT2D eigenvalue weighted by Crippen LogP contribution is 2.33. The molecule has 3 rings (SSSR count). The Morgan fingerprint density at radius 2 is 2.06 bits per heavy atom. The van der Waals surface area contributed by atoms with Crippen molar-refractivity contribution >= 4 is 0 Å². The molecule has 0 saturated heterocycles. The van der Waals surface area contributed by atoms with Crippen LogP contribution in [-0.2, 0) is 0 Å². The molecule has 0 bridgehead atoms. The van der Waals surface area contributed by atoms with Crippen molar-refractivity contribution in [1.29, 1.82) is 0 Å². The number of para-hydroxylation sites is 1. The number of ether oxygens (including phenoxy) is 1. The molecule has 1 heterocycles. The van der Waals surface area contributed by atoms with Gasteiger partial charge >= 0.3 is 0 Å². The molecule has 1 saturated carbocycles. The summed E-state index contributed by atoms with van der Waals surface area (Å²) in [6.07, 6.45) is 4.15. The predicted molar refractivity (Wildman–Crippen MR) is 66.1 cm³/mol. The molecule has 3 nitrogen and oxygen atoms in total.